The standard InChI is InChI=1S/C27H34N6O/c1-4-14-32(22-11-8-15-31(18-22)17-21-9-6-5-7-10-21)19-25-28-29-27-30(3)26(34)23-16-20(2)12-13-24(23)33(25)27/h5-7,9-10,12-13,16,22H,4,8,11,14-15,17-19H2,1-3H3. The number of rotatable bonds is 7. The van der Waals surface area contributed by atoms with Crippen molar-refractivity contribution in [2.75, 3.05) is 19.6 Å². The summed E-state index contributed by atoms with van der Waals surface area (Å²) in [4.78, 5) is 18.1. The average Bonchev–Trinajstić information content (AvgIpc) is 3.27. The summed E-state index contributed by atoms with van der Waals surface area (Å²) in [6.45, 7) is 9.19. The lowest BCUT2D eigenvalue weighted by atomic mass is 10.0. The molecule has 1 aliphatic rings. The Labute approximate surface area is 200 Å². The number of piperidine rings is 1. The van der Waals surface area contributed by atoms with Gasteiger partial charge in [0.2, 0.25) is 5.78 Å². The second kappa shape index (κ2) is 9.68. The molecule has 2 aromatic heterocycles. The first-order chi connectivity index (χ1) is 16.5. The Morgan fingerprint density at radius 1 is 1.12 bits per heavy atom. The van der Waals surface area contributed by atoms with Crippen molar-refractivity contribution in [3.63, 3.8) is 0 Å². The summed E-state index contributed by atoms with van der Waals surface area (Å²) in [5.41, 5.74) is 3.30. The van der Waals surface area contributed by atoms with Gasteiger partial charge in [0.25, 0.3) is 5.56 Å². The maximum absolute atomic E-state index is 12.9. The number of aryl methyl sites for hydroxylation is 2. The number of aromatic nitrogens is 4. The molecule has 178 valence electrons. The van der Waals surface area contributed by atoms with E-state index >= 15 is 0 Å². The molecule has 0 bridgehead atoms. The van der Waals surface area contributed by atoms with E-state index in [9.17, 15) is 4.79 Å². The van der Waals surface area contributed by atoms with E-state index < -0.39 is 0 Å². The van der Waals surface area contributed by atoms with Gasteiger partial charge in [-0.25, -0.2) is 0 Å². The average molecular weight is 459 g/mol. The zero-order valence-electron chi connectivity index (χ0n) is 20.4. The summed E-state index contributed by atoms with van der Waals surface area (Å²) in [6.07, 6.45) is 3.49. The fraction of sp³-hybridized carbons (Fsp3) is 0.444. The maximum Gasteiger partial charge on any atom is 0.262 e. The van der Waals surface area contributed by atoms with Crippen molar-refractivity contribution in [2.24, 2.45) is 7.05 Å². The normalized spacial score (nSPS) is 17.2. The van der Waals surface area contributed by atoms with Crippen LogP contribution in [0.25, 0.3) is 16.7 Å². The van der Waals surface area contributed by atoms with Gasteiger partial charge in [-0.2, -0.15) is 0 Å². The van der Waals surface area contributed by atoms with Crippen LogP contribution in [0, 0.1) is 6.92 Å². The summed E-state index contributed by atoms with van der Waals surface area (Å²) in [6, 6.07) is 17.3. The van der Waals surface area contributed by atoms with Gasteiger partial charge in [0, 0.05) is 26.2 Å². The second-order valence-electron chi connectivity index (χ2n) is 9.62. The van der Waals surface area contributed by atoms with Crippen molar-refractivity contribution in [3.05, 3.63) is 75.8 Å². The molecule has 0 radical (unpaired) electrons. The number of nitrogens with zero attached hydrogens (tertiary/aromatic N) is 6. The van der Waals surface area contributed by atoms with Crippen LogP contribution in [0.15, 0.2) is 53.3 Å². The molecule has 0 amide bonds. The van der Waals surface area contributed by atoms with Crippen LogP contribution in [0.3, 0.4) is 0 Å². The molecule has 1 fully saturated rings. The fourth-order valence-electron chi connectivity index (χ4n) is 5.34. The van der Waals surface area contributed by atoms with Crippen molar-refractivity contribution < 1.29 is 0 Å². The molecule has 7 nitrogen and oxygen atoms in total. The van der Waals surface area contributed by atoms with E-state index in [-0.39, 0.29) is 5.56 Å². The molecule has 0 saturated carbocycles. The molecular weight excluding hydrogens is 424 g/mol. The number of fused-ring (bicyclic) bond motifs is 3. The predicted octanol–water partition coefficient (Wildman–Crippen LogP) is 3.77. The zero-order valence-corrected chi connectivity index (χ0v) is 20.4. The summed E-state index contributed by atoms with van der Waals surface area (Å²) in [5.74, 6) is 1.50. The molecule has 3 heterocycles. The number of hydrogen-bond donors (Lipinski definition) is 0. The summed E-state index contributed by atoms with van der Waals surface area (Å²) < 4.78 is 3.69. The van der Waals surface area contributed by atoms with Gasteiger partial charge in [-0.1, -0.05) is 48.9 Å². The van der Waals surface area contributed by atoms with Crippen molar-refractivity contribution in [2.45, 2.75) is 52.2 Å². The Kier molecular flexibility index (Phi) is 6.48. The first-order valence-electron chi connectivity index (χ1n) is 12.4. The molecule has 1 saturated heterocycles. The van der Waals surface area contributed by atoms with E-state index in [0.717, 1.165) is 56.0 Å². The minimum atomic E-state index is -0.0283. The quantitative estimate of drug-likeness (QED) is 0.422. The largest absolute Gasteiger partial charge is 0.298 e. The Hall–Kier alpha value is -3.03. The number of hydrogen-bond acceptors (Lipinski definition) is 5. The monoisotopic (exact) mass is 458 g/mol. The Morgan fingerprint density at radius 2 is 1.94 bits per heavy atom. The highest BCUT2D eigenvalue weighted by atomic mass is 16.1. The van der Waals surface area contributed by atoms with E-state index in [1.54, 1.807) is 11.6 Å². The summed E-state index contributed by atoms with van der Waals surface area (Å²) >= 11 is 0. The highest BCUT2D eigenvalue weighted by Crippen LogP contribution is 2.22. The van der Waals surface area contributed by atoms with Crippen molar-refractivity contribution >= 4 is 16.7 Å². The molecule has 7 heteroatoms. The zero-order chi connectivity index (χ0) is 23.7. The molecule has 0 spiro atoms. The molecule has 1 aliphatic heterocycles. The number of benzene rings is 2. The molecule has 2 aromatic carbocycles. The third-order valence-corrected chi connectivity index (χ3v) is 7.04. The fourth-order valence-corrected chi connectivity index (χ4v) is 5.34. The Bertz CT molecular complexity index is 1340. The van der Waals surface area contributed by atoms with E-state index in [4.69, 9.17) is 0 Å². The molecule has 4 aromatic rings. The molecule has 0 aliphatic carbocycles. The van der Waals surface area contributed by atoms with Crippen LogP contribution < -0.4 is 5.56 Å². The third kappa shape index (κ3) is 4.38. The smallest absolute Gasteiger partial charge is 0.262 e. The van der Waals surface area contributed by atoms with Gasteiger partial charge in [0.1, 0.15) is 0 Å². The Balaban J connectivity index is 1.45. The lowest BCUT2D eigenvalue weighted by molar-refractivity contribution is 0.0856. The minimum absolute atomic E-state index is 0.0283. The Morgan fingerprint density at radius 3 is 2.74 bits per heavy atom. The summed E-state index contributed by atoms with van der Waals surface area (Å²) in [5, 5.41) is 9.70. The van der Waals surface area contributed by atoms with Gasteiger partial charge in [-0.15, -0.1) is 10.2 Å². The highest BCUT2D eigenvalue weighted by molar-refractivity contribution is 5.81. The molecule has 34 heavy (non-hydrogen) atoms. The summed E-state index contributed by atoms with van der Waals surface area (Å²) in [7, 11) is 1.78. The lowest BCUT2D eigenvalue weighted by Crippen LogP contribution is -2.47. The molecule has 5 rings (SSSR count). The predicted molar refractivity (Wildman–Crippen MR) is 136 cm³/mol. The minimum Gasteiger partial charge on any atom is -0.298 e. The van der Waals surface area contributed by atoms with Crippen LogP contribution in [-0.2, 0) is 20.1 Å². The SMILES string of the molecule is CCCN(Cc1nnc2n(C)c(=O)c3cc(C)ccc3n12)C1CCCN(Cc2ccccc2)C1. The molecule has 0 N–H and O–H groups in total. The van der Waals surface area contributed by atoms with Crippen LogP contribution in [0.4, 0.5) is 0 Å². The van der Waals surface area contributed by atoms with Crippen LogP contribution in [0.5, 0.6) is 0 Å². The third-order valence-electron chi connectivity index (χ3n) is 7.04. The van der Waals surface area contributed by atoms with Crippen molar-refractivity contribution in [3.8, 4) is 0 Å². The van der Waals surface area contributed by atoms with Crippen LogP contribution in [-0.4, -0.2) is 54.6 Å². The van der Waals surface area contributed by atoms with Crippen LogP contribution >= 0.6 is 0 Å². The van der Waals surface area contributed by atoms with Gasteiger partial charge in [-0.05, 0) is 57.0 Å². The van der Waals surface area contributed by atoms with Crippen molar-refractivity contribution in [1.29, 1.82) is 0 Å². The van der Waals surface area contributed by atoms with Crippen LogP contribution in [0.1, 0.15) is 43.1 Å². The molecule has 1 atom stereocenters. The first-order valence-corrected chi connectivity index (χ1v) is 12.4. The van der Waals surface area contributed by atoms with Crippen molar-refractivity contribution in [1.82, 2.24) is 29.0 Å². The van der Waals surface area contributed by atoms with E-state index in [0.29, 0.717) is 17.2 Å². The van der Waals surface area contributed by atoms with Gasteiger partial charge in [0.15, 0.2) is 5.82 Å². The maximum atomic E-state index is 12.9. The van der Waals surface area contributed by atoms with E-state index in [1.165, 1.54) is 18.4 Å². The van der Waals surface area contributed by atoms with Crippen LogP contribution in [0.2, 0.25) is 0 Å². The molecular formula is C27H34N6O. The van der Waals surface area contributed by atoms with E-state index in [1.807, 2.05) is 19.1 Å². The van der Waals surface area contributed by atoms with Gasteiger partial charge in [-0.3, -0.25) is 23.6 Å². The van der Waals surface area contributed by atoms with Gasteiger partial charge in [0.05, 0.1) is 17.4 Å². The first kappa shape index (κ1) is 22.7. The van der Waals surface area contributed by atoms with Gasteiger partial charge >= 0.3 is 0 Å². The van der Waals surface area contributed by atoms with Gasteiger partial charge < -0.3 is 0 Å². The lowest BCUT2D eigenvalue weighted by Gasteiger charge is -2.39. The number of likely N-dealkylation sites (tertiary alicyclic amines) is 1. The highest BCUT2D eigenvalue weighted by Gasteiger charge is 2.27. The molecule has 1 unspecified atom stereocenters. The second-order valence-corrected chi connectivity index (χ2v) is 9.62. The van der Waals surface area contributed by atoms with E-state index in [2.05, 4.69) is 67.7 Å². The topological polar surface area (TPSA) is 58.7 Å².